The van der Waals surface area contributed by atoms with Crippen LogP contribution in [0.25, 0.3) is 50.3 Å². The maximum atomic E-state index is 6.30. The fraction of sp³-hybridized carbons (Fsp3) is 0.0500. The van der Waals surface area contributed by atoms with Crippen molar-refractivity contribution in [2.24, 2.45) is 0 Å². The van der Waals surface area contributed by atoms with E-state index in [2.05, 4.69) is 34.2 Å². The molecule has 0 amide bonds. The SMILES string of the molecule is Cc1cc(C)nc(-n2c3[c-]c(Oc4[c-]c(-c5ccccn5)ccc4)ccc3c3ccc(Oc4[c-]c(-c5ccccn5)ccc4)[c-]c32)n1.[Pt+2].[Pt+2]. The normalized spacial score (nSPS) is 10.7. The Kier molecular flexibility index (Phi) is 10.1. The Morgan fingerprint density at radius 2 is 0.980 bits per heavy atom. The number of fused-ring (bicyclic) bond motifs is 3. The van der Waals surface area contributed by atoms with Gasteiger partial charge in [0.1, 0.15) is 0 Å². The number of pyridine rings is 2. The first-order valence-corrected chi connectivity index (χ1v) is 15.1. The van der Waals surface area contributed by atoms with E-state index in [1.165, 1.54) is 0 Å². The van der Waals surface area contributed by atoms with Crippen LogP contribution in [0.3, 0.4) is 0 Å². The van der Waals surface area contributed by atoms with E-state index in [9.17, 15) is 0 Å². The van der Waals surface area contributed by atoms with Gasteiger partial charge in [0.15, 0.2) is 0 Å². The maximum Gasteiger partial charge on any atom is 2.00 e. The molecule has 242 valence electrons. The second-order valence-electron chi connectivity index (χ2n) is 10.9. The average molecular weight is 998 g/mol. The van der Waals surface area contributed by atoms with Crippen LogP contribution >= 0.6 is 0 Å². The van der Waals surface area contributed by atoms with Gasteiger partial charge >= 0.3 is 42.1 Å². The van der Waals surface area contributed by atoms with Crippen molar-refractivity contribution in [3.63, 3.8) is 0 Å². The molecule has 0 spiro atoms. The molecule has 0 atom stereocenters. The van der Waals surface area contributed by atoms with Crippen LogP contribution in [0, 0.1) is 38.1 Å². The van der Waals surface area contributed by atoms with Crippen molar-refractivity contribution in [1.29, 1.82) is 0 Å². The van der Waals surface area contributed by atoms with Gasteiger partial charge in [-0.15, -0.1) is 71.8 Å². The van der Waals surface area contributed by atoms with Crippen LogP contribution in [-0.4, -0.2) is 24.5 Å². The fourth-order valence-electron chi connectivity index (χ4n) is 5.55. The Labute approximate surface area is 312 Å². The number of aryl methyl sites for hydroxylation is 2. The molecule has 7 nitrogen and oxygen atoms in total. The molecule has 0 bridgehead atoms. The van der Waals surface area contributed by atoms with E-state index >= 15 is 0 Å². The molecule has 4 heterocycles. The van der Waals surface area contributed by atoms with Gasteiger partial charge in [-0.1, -0.05) is 47.4 Å². The third-order valence-electron chi connectivity index (χ3n) is 7.56. The van der Waals surface area contributed by atoms with E-state index in [0.717, 1.165) is 55.7 Å². The third-order valence-corrected chi connectivity index (χ3v) is 7.56. The summed E-state index contributed by atoms with van der Waals surface area (Å²) < 4.78 is 14.5. The smallest absolute Gasteiger partial charge is 0.503 e. The molecule has 0 aliphatic carbocycles. The number of aromatic nitrogens is 5. The summed E-state index contributed by atoms with van der Waals surface area (Å²) in [6.45, 7) is 3.91. The molecule has 0 saturated carbocycles. The largest absolute Gasteiger partial charge is 2.00 e. The van der Waals surface area contributed by atoms with Gasteiger partial charge in [-0.3, -0.25) is 0 Å². The molecule has 4 aromatic heterocycles. The predicted octanol–water partition coefficient (Wildman–Crippen LogP) is 9.09. The van der Waals surface area contributed by atoms with Crippen molar-refractivity contribution in [1.82, 2.24) is 24.5 Å². The van der Waals surface area contributed by atoms with Gasteiger partial charge in [-0.25, -0.2) is 9.97 Å². The second kappa shape index (κ2) is 14.7. The molecule has 0 aliphatic heterocycles. The maximum absolute atomic E-state index is 6.30. The summed E-state index contributed by atoms with van der Waals surface area (Å²) in [6, 6.07) is 46.4. The molecule has 8 rings (SSSR count). The van der Waals surface area contributed by atoms with Gasteiger partial charge in [0.25, 0.3) is 0 Å². The summed E-state index contributed by atoms with van der Waals surface area (Å²) in [4.78, 5) is 18.5. The van der Waals surface area contributed by atoms with E-state index in [0.29, 0.717) is 28.9 Å². The summed E-state index contributed by atoms with van der Waals surface area (Å²) in [7, 11) is 0. The van der Waals surface area contributed by atoms with Crippen LogP contribution in [0.4, 0.5) is 0 Å². The topological polar surface area (TPSA) is 75.0 Å². The van der Waals surface area contributed by atoms with Crippen molar-refractivity contribution in [3.05, 3.63) is 151 Å². The molecule has 8 aromatic rings. The molecular formula is C40H25N5O2Pt2. The van der Waals surface area contributed by atoms with Crippen molar-refractivity contribution >= 4 is 21.8 Å². The molecule has 49 heavy (non-hydrogen) atoms. The minimum absolute atomic E-state index is 0. The summed E-state index contributed by atoms with van der Waals surface area (Å²) in [6.07, 6.45) is 3.52. The number of hydrogen-bond donors (Lipinski definition) is 0. The van der Waals surface area contributed by atoms with Crippen molar-refractivity contribution in [3.8, 4) is 51.5 Å². The Bertz CT molecular complexity index is 2240. The number of benzene rings is 4. The van der Waals surface area contributed by atoms with Gasteiger partial charge in [0.2, 0.25) is 5.95 Å². The standard InChI is InChI=1S/C40H25N5O2.2Pt/c1-26-21-27(2)44-40(43-26)45-38-24-32(46-30-11-7-9-28(22-30)36-13-3-5-19-41-36)15-17-34(38)35-18-16-33(25-39(35)45)47-31-12-8-10-29(23-31)37-14-4-6-20-42-37;;/h3-21H,1-2H3;;/q-4;2*+2. The van der Waals surface area contributed by atoms with Crippen LogP contribution in [0.2, 0.25) is 0 Å². The molecule has 4 aromatic carbocycles. The minimum Gasteiger partial charge on any atom is -0.503 e. The van der Waals surface area contributed by atoms with Crippen LogP contribution < -0.4 is 9.47 Å². The van der Waals surface area contributed by atoms with Crippen LogP contribution in [-0.2, 0) is 42.1 Å². The molecule has 0 saturated heterocycles. The van der Waals surface area contributed by atoms with Gasteiger partial charge in [0, 0.05) is 46.8 Å². The summed E-state index contributed by atoms with van der Waals surface area (Å²) >= 11 is 0. The fourth-order valence-corrected chi connectivity index (χ4v) is 5.55. The molecule has 0 fully saturated rings. The van der Waals surface area contributed by atoms with Crippen molar-refractivity contribution in [2.45, 2.75) is 13.8 Å². The Morgan fingerprint density at radius 3 is 1.43 bits per heavy atom. The first kappa shape index (κ1) is 33.9. The van der Waals surface area contributed by atoms with Gasteiger partial charge in [-0.2, -0.15) is 22.9 Å². The van der Waals surface area contributed by atoms with Gasteiger partial charge in [0.05, 0.1) is 0 Å². The van der Waals surface area contributed by atoms with E-state index in [4.69, 9.17) is 19.4 Å². The number of rotatable bonds is 7. The Balaban J connectivity index is 0.00000208. The predicted molar refractivity (Wildman–Crippen MR) is 181 cm³/mol. The van der Waals surface area contributed by atoms with Gasteiger partial charge < -0.3 is 24.0 Å². The van der Waals surface area contributed by atoms with E-state index in [1.807, 2.05) is 122 Å². The first-order chi connectivity index (χ1) is 23.1. The Morgan fingerprint density at radius 1 is 0.510 bits per heavy atom. The van der Waals surface area contributed by atoms with E-state index in [-0.39, 0.29) is 42.1 Å². The second-order valence-corrected chi connectivity index (χ2v) is 10.9. The monoisotopic (exact) mass is 997 g/mol. The minimum atomic E-state index is 0. The third kappa shape index (κ3) is 7.10. The van der Waals surface area contributed by atoms with E-state index < -0.39 is 0 Å². The average Bonchev–Trinajstić information content (AvgIpc) is 3.41. The van der Waals surface area contributed by atoms with Crippen LogP contribution in [0.1, 0.15) is 11.4 Å². The zero-order valence-electron chi connectivity index (χ0n) is 26.2. The first-order valence-electron chi connectivity index (χ1n) is 15.1. The number of ether oxygens (including phenoxy) is 2. The van der Waals surface area contributed by atoms with E-state index in [1.54, 1.807) is 12.4 Å². The Hall–Kier alpha value is -4.96. The molecule has 9 heteroatoms. The van der Waals surface area contributed by atoms with Crippen LogP contribution in [0.15, 0.2) is 116 Å². The number of nitrogens with zero attached hydrogens (tertiary/aromatic N) is 5. The zero-order chi connectivity index (χ0) is 31.7. The van der Waals surface area contributed by atoms with Crippen LogP contribution in [0.5, 0.6) is 23.0 Å². The summed E-state index contributed by atoms with van der Waals surface area (Å²) in [5.41, 5.74) is 6.52. The summed E-state index contributed by atoms with van der Waals surface area (Å²) in [5, 5.41) is 1.90. The molecule has 0 unspecified atom stereocenters. The molecule has 0 radical (unpaired) electrons. The quantitative estimate of drug-likeness (QED) is 0.149. The molecular weight excluding hydrogens is 973 g/mol. The summed E-state index contributed by atoms with van der Waals surface area (Å²) in [5.74, 6) is 2.67. The van der Waals surface area contributed by atoms with Crippen molar-refractivity contribution in [2.75, 3.05) is 0 Å². The zero-order valence-corrected chi connectivity index (χ0v) is 30.7. The van der Waals surface area contributed by atoms with Gasteiger partial charge in [-0.05, 0) is 43.4 Å². The van der Waals surface area contributed by atoms with Crippen molar-refractivity contribution < 1.29 is 51.6 Å². The molecule has 0 aliphatic rings. The molecule has 0 N–H and O–H groups in total. The number of hydrogen-bond acceptors (Lipinski definition) is 6.